The van der Waals surface area contributed by atoms with E-state index in [-0.39, 0.29) is 30.2 Å². The van der Waals surface area contributed by atoms with Crippen LogP contribution in [0.4, 0.5) is 11.4 Å². The highest BCUT2D eigenvalue weighted by Crippen LogP contribution is 2.58. The van der Waals surface area contributed by atoms with E-state index in [1.807, 2.05) is 107 Å². The molecule has 220 valence electrons. The standard InChI is InChI=1S/C34H39N3O5/c1-21(2)26(20-38)37-29-32(41)36(25-19-22(3)13-14-23(25)4)18-10-16-34(29)28(31(37)40)27-30(39)35(24-11-7-6-8-12-24)17-9-15-33(27,5)42-34/h6-16,19,21,26-29,38H,17-18,20H2,1-5H3/t26-,27+,28-,29?,33-,34-/m0/s1. The molecule has 4 aliphatic heterocycles. The van der Waals surface area contributed by atoms with E-state index < -0.39 is 35.1 Å². The normalized spacial score (nSPS) is 31.3. The van der Waals surface area contributed by atoms with Gasteiger partial charge in [0.15, 0.2) is 0 Å². The lowest BCUT2D eigenvalue weighted by Gasteiger charge is -2.41. The van der Waals surface area contributed by atoms with Crippen LogP contribution in [-0.2, 0) is 19.1 Å². The van der Waals surface area contributed by atoms with Gasteiger partial charge >= 0.3 is 0 Å². The number of aliphatic hydroxyl groups excluding tert-OH is 1. The minimum atomic E-state index is -1.39. The van der Waals surface area contributed by atoms with E-state index in [4.69, 9.17) is 4.74 Å². The highest BCUT2D eigenvalue weighted by atomic mass is 16.5. The number of rotatable bonds is 5. The maximum absolute atomic E-state index is 14.8. The third kappa shape index (κ3) is 4.07. The van der Waals surface area contributed by atoms with Crippen molar-refractivity contribution >= 4 is 29.1 Å². The van der Waals surface area contributed by atoms with Gasteiger partial charge in [0.1, 0.15) is 11.6 Å². The van der Waals surface area contributed by atoms with Crippen LogP contribution in [0.2, 0.25) is 0 Å². The molecule has 0 bridgehead atoms. The SMILES string of the molecule is Cc1ccc(C)c(N2CC=C[C@]34O[C@@]5(C)C=CCN(c6ccccc6)C(=O)[C@H]5[C@H]3C(=O)N([C@@H](CO)C(C)C)C4C2=O)c1. The number of fused-ring (bicyclic) bond motifs is 2. The number of anilines is 2. The van der Waals surface area contributed by atoms with Crippen molar-refractivity contribution in [2.75, 3.05) is 29.5 Å². The second kappa shape index (κ2) is 10.2. The molecule has 2 aromatic rings. The molecule has 42 heavy (non-hydrogen) atoms. The van der Waals surface area contributed by atoms with Crippen molar-refractivity contribution in [2.45, 2.75) is 57.9 Å². The summed E-state index contributed by atoms with van der Waals surface area (Å²) in [4.78, 5) is 48.9. The first-order valence-electron chi connectivity index (χ1n) is 14.8. The van der Waals surface area contributed by atoms with Gasteiger partial charge in [-0.3, -0.25) is 14.4 Å². The average Bonchev–Trinajstić information content (AvgIpc) is 3.22. The minimum Gasteiger partial charge on any atom is -0.394 e. The molecule has 6 atom stereocenters. The van der Waals surface area contributed by atoms with E-state index >= 15 is 0 Å². The molecule has 3 amide bonds. The first-order valence-corrected chi connectivity index (χ1v) is 14.8. The molecule has 0 aliphatic carbocycles. The number of hydrogen-bond acceptors (Lipinski definition) is 5. The maximum atomic E-state index is 14.8. The van der Waals surface area contributed by atoms with Crippen molar-refractivity contribution in [2.24, 2.45) is 17.8 Å². The molecular formula is C34H39N3O5. The highest BCUT2D eigenvalue weighted by molar-refractivity contribution is 6.08. The quantitative estimate of drug-likeness (QED) is 0.554. The largest absolute Gasteiger partial charge is 0.394 e. The summed E-state index contributed by atoms with van der Waals surface area (Å²) >= 11 is 0. The number of likely N-dealkylation sites (tertiary alicyclic amines) is 1. The second-order valence-corrected chi connectivity index (χ2v) is 12.6. The van der Waals surface area contributed by atoms with Crippen LogP contribution in [0.1, 0.15) is 31.9 Å². The molecule has 4 aliphatic rings. The number of aryl methyl sites for hydroxylation is 2. The number of nitrogens with zero attached hydrogens (tertiary/aromatic N) is 3. The van der Waals surface area contributed by atoms with Crippen LogP contribution < -0.4 is 9.80 Å². The van der Waals surface area contributed by atoms with Gasteiger partial charge in [-0.05, 0) is 56.0 Å². The Morgan fingerprint density at radius 3 is 2.29 bits per heavy atom. The van der Waals surface area contributed by atoms with E-state index in [1.165, 1.54) is 0 Å². The molecule has 0 aromatic heterocycles. The Hall–Kier alpha value is -3.75. The molecule has 2 saturated heterocycles. The van der Waals surface area contributed by atoms with Gasteiger partial charge < -0.3 is 24.5 Å². The smallest absolute Gasteiger partial charge is 0.253 e. The number of benzene rings is 2. The Balaban J connectivity index is 1.52. The number of carbonyl (C=O) groups excluding carboxylic acids is 3. The van der Waals surface area contributed by atoms with Crippen LogP contribution in [0.5, 0.6) is 0 Å². The summed E-state index contributed by atoms with van der Waals surface area (Å²) in [5, 5.41) is 10.6. The number of ether oxygens (including phenoxy) is 1. The second-order valence-electron chi connectivity index (χ2n) is 12.6. The molecular weight excluding hydrogens is 530 g/mol. The summed E-state index contributed by atoms with van der Waals surface area (Å²) in [6.45, 7) is 9.98. The number of para-hydroxylation sites is 1. The van der Waals surface area contributed by atoms with E-state index in [0.717, 1.165) is 22.5 Å². The summed E-state index contributed by atoms with van der Waals surface area (Å²) in [5.41, 5.74) is 0.961. The van der Waals surface area contributed by atoms with Gasteiger partial charge in [0.2, 0.25) is 11.8 Å². The summed E-state index contributed by atoms with van der Waals surface area (Å²) in [7, 11) is 0. The molecule has 8 heteroatoms. The van der Waals surface area contributed by atoms with Crippen LogP contribution in [0.3, 0.4) is 0 Å². The van der Waals surface area contributed by atoms with E-state index in [9.17, 15) is 19.5 Å². The minimum absolute atomic E-state index is 0.138. The zero-order chi connectivity index (χ0) is 30.0. The molecule has 4 heterocycles. The van der Waals surface area contributed by atoms with Gasteiger partial charge in [-0.1, -0.05) is 68.5 Å². The topological polar surface area (TPSA) is 90.4 Å². The zero-order valence-electron chi connectivity index (χ0n) is 24.9. The fourth-order valence-corrected chi connectivity index (χ4v) is 7.50. The predicted molar refractivity (Wildman–Crippen MR) is 161 cm³/mol. The lowest BCUT2D eigenvalue weighted by Crippen LogP contribution is -2.59. The molecule has 2 fully saturated rings. The Morgan fingerprint density at radius 1 is 0.905 bits per heavy atom. The molecule has 2 aromatic carbocycles. The van der Waals surface area contributed by atoms with Crippen LogP contribution >= 0.6 is 0 Å². The molecule has 8 nitrogen and oxygen atoms in total. The maximum Gasteiger partial charge on any atom is 0.253 e. The molecule has 1 spiro atoms. The summed E-state index contributed by atoms with van der Waals surface area (Å²) in [5.74, 6) is -2.78. The lowest BCUT2D eigenvalue weighted by molar-refractivity contribution is -0.149. The lowest BCUT2D eigenvalue weighted by atomic mass is 9.74. The van der Waals surface area contributed by atoms with E-state index in [2.05, 4.69) is 0 Å². The van der Waals surface area contributed by atoms with Crippen LogP contribution in [0.25, 0.3) is 0 Å². The van der Waals surface area contributed by atoms with Gasteiger partial charge in [-0.2, -0.15) is 0 Å². The Kier molecular flexibility index (Phi) is 6.90. The van der Waals surface area contributed by atoms with Gasteiger partial charge in [0.05, 0.1) is 30.1 Å². The van der Waals surface area contributed by atoms with Crippen molar-refractivity contribution < 1.29 is 24.2 Å². The summed E-state index contributed by atoms with van der Waals surface area (Å²) in [6, 6.07) is 13.7. The highest BCUT2D eigenvalue weighted by Gasteiger charge is 2.75. The van der Waals surface area contributed by atoms with Gasteiger partial charge in [-0.15, -0.1) is 0 Å². The average molecular weight is 570 g/mol. The number of hydrogen-bond donors (Lipinski definition) is 1. The Labute approximate surface area is 247 Å². The van der Waals surface area contributed by atoms with Crippen molar-refractivity contribution in [1.29, 1.82) is 0 Å². The van der Waals surface area contributed by atoms with Crippen molar-refractivity contribution in [3.05, 3.63) is 84.0 Å². The molecule has 6 rings (SSSR count). The molecule has 1 unspecified atom stereocenters. The first-order chi connectivity index (χ1) is 20.0. The monoisotopic (exact) mass is 569 g/mol. The number of aliphatic hydroxyl groups is 1. The van der Waals surface area contributed by atoms with Crippen molar-refractivity contribution in [1.82, 2.24) is 4.90 Å². The Bertz CT molecular complexity index is 1490. The number of amides is 3. The fraction of sp³-hybridized carbons (Fsp3) is 0.441. The summed E-state index contributed by atoms with van der Waals surface area (Å²) in [6.07, 6.45) is 7.55. The fourth-order valence-electron chi connectivity index (χ4n) is 7.50. The van der Waals surface area contributed by atoms with Gasteiger partial charge in [0.25, 0.3) is 5.91 Å². The van der Waals surface area contributed by atoms with Crippen LogP contribution in [-0.4, -0.2) is 70.7 Å². The molecule has 1 N–H and O–H groups in total. The zero-order valence-corrected chi connectivity index (χ0v) is 24.9. The third-order valence-electron chi connectivity index (χ3n) is 9.53. The summed E-state index contributed by atoms with van der Waals surface area (Å²) < 4.78 is 6.95. The predicted octanol–water partition coefficient (Wildman–Crippen LogP) is 3.80. The van der Waals surface area contributed by atoms with E-state index in [1.54, 1.807) is 14.7 Å². The third-order valence-corrected chi connectivity index (χ3v) is 9.53. The van der Waals surface area contributed by atoms with Crippen LogP contribution in [0, 0.1) is 31.6 Å². The number of carbonyl (C=O) groups is 3. The first kappa shape index (κ1) is 28.4. The van der Waals surface area contributed by atoms with Crippen molar-refractivity contribution in [3.63, 3.8) is 0 Å². The Morgan fingerprint density at radius 2 is 1.60 bits per heavy atom. The molecule has 0 saturated carbocycles. The van der Waals surface area contributed by atoms with E-state index in [0.29, 0.717) is 13.1 Å². The molecule has 0 radical (unpaired) electrons. The van der Waals surface area contributed by atoms with Gasteiger partial charge in [0, 0.05) is 24.5 Å². The van der Waals surface area contributed by atoms with Gasteiger partial charge in [-0.25, -0.2) is 0 Å². The van der Waals surface area contributed by atoms with Crippen molar-refractivity contribution in [3.8, 4) is 0 Å². The van der Waals surface area contributed by atoms with Crippen LogP contribution in [0.15, 0.2) is 72.8 Å².